The first-order chi connectivity index (χ1) is 9.30. The number of aliphatic hydroxyl groups is 1. The Bertz CT molecular complexity index is 389. The van der Waals surface area contributed by atoms with Crippen molar-refractivity contribution in [1.82, 2.24) is 10.2 Å². The van der Waals surface area contributed by atoms with E-state index in [1.165, 1.54) is 0 Å². The molecule has 1 unspecified atom stereocenters. The number of carbonyl (C=O) groups excluding carboxylic acids is 2. The highest BCUT2D eigenvalue weighted by Gasteiger charge is 2.41. The van der Waals surface area contributed by atoms with Gasteiger partial charge < -0.3 is 21.1 Å². The quantitative estimate of drug-likeness (QED) is 0.645. The molecule has 0 aromatic heterocycles. The van der Waals surface area contributed by atoms with Crippen LogP contribution >= 0.6 is 0 Å². The smallest absolute Gasteiger partial charge is 0.253 e. The number of nitrogens with one attached hydrogen (secondary N) is 1. The first-order valence-corrected chi connectivity index (χ1v) is 7.30. The molecule has 0 aromatic rings. The molecule has 2 fully saturated rings. The van der Waals surface area contributed by atoms with Crippen LogP contribution in [0.15, 0.2) is 0 Å². The zero-order valence-electron chi connectivity index (χ0n) is 12.3. The summed E-state index contributed by atoms with van der Waals surface area (Å²) in [4.78, 5) is 25.4. The fourth-order valence-electron chi connectivity index (χ4n) is 3.03. The van der Waals surface area contributed by atoms with Crippen molar-refractivity contribution in [2.75, 3.05) is 19.6 Å². The van der Waals surface area contributed by atoms with Gasteiger partial charge in [0.05, 0.1) is 0 Å². The Kier molecular flexibility index (Phi) is 4.34. The highest BCUT2D eigenvalue weighted by Crippen LogP contribution is 2.29. The monoisotopic (exact) mass is 283 g/mol. The summed E-state index contributed by atoms with van der Waals surface area (Å²) in [6.45, 7) is 6.17. The topological polar surface area (TPSA) is 95.7 Å². The highest BCUT2D eigenvalue weighted by atomic mass is 16.3. The van der Waals surface area contributed by atoms with Crippen LogP contribution in [0.2, 0.25) is 0 Å². The minimum absolute atomic E-state index is 0.0172. The average molecular weight is 283 g/mol. The van der Waals surface area contributed by atoms with Crippen LogP contribution in [0, 0.1) is 11.3 Å². The summed E-state index contributed by atoms with van der Waals surface area (Å²) < 4.78 is 0. The second kappa shape index (κ2) is 5.69. The summed E-state index contributed by atoms with van der Waals surface area (Å²) in [5.74, 6) is -0.515. The van der Waals surface area contributed by atoms with E-state index in [1.807, 2.05) is 0 Å². The Morgan fingerprint density at radius 3 is 2.75 bits per heavy atom. The Morgan fingerprint density at radius 2 is 2.20 bits per heavy atom. The largest absolute Gasteiger partial charge is 0.382 e. The molecule has 114 valence electrons. The van der Waals surface area contributed by atoms with E-state index in [4.69, 9.17) is 5.73 Å². The zero-order chi connectivity index (χ0) is 14.9. The third-order valence-electron chi connectivity index (χ3n) is 4.16. The van der Waals surface area contributed by atoms with E-state index in [2.05, 4.69) is 19.2 Å². The summed E-state index contributed by atoms with van der Waals surface area (Å²) in [6, 6.07) is -0.680. The average Bonchev–Trinajstić information content (AvgIpc) is 2.36. The van der Waals surface area contributed by atoms with Crippen molar-refractivity contribution < 1.29 is 14.7 Å². The maximum atomic E-state index is 12.1. The molecule has 0 bridgehead atoms. The molecule has 20 heavy (non-hydrogen) atoms. The van der Waals surface area contributed by atoms with Crippen LogP contribution in [-0.4, -0.2) is 53.6 Å². The van der Waals surface area contributed by atoms with Crippen LogP contribution in [0.4, 0.5) is 0 Å². The van der Waals surface area contributed by atoms with Gasteiger partial charge in [-0.1, -0.05) is 13.8 Å². The molecule has 2 aliphatic heterocycles. The molecule has 0 radical (unpaired) electrons. The fourth-order valence-corrected chi connectivity index (χ4v) is 3.03. The number of likely N-dealkylation sites (tertiary alicyclic amines) is 1. The lowest BCUT2D eigenvalue weighted by atomic mass is 9.83. The molecule has 2 saturated heterocycles. The number of hydrogen-bond acceptors (Lipinski definition) is 4. The van der Waals surface area contributed by atoms with Crippen molar-refractivity contribution >= 4 is 11.8 Å². The van der Waals surface area contributed by atoms with E-state index in [0.29, 0.717) is 26.1 Å². The number of aliphatic hydroxyl groups excluding tert-OH is 1. The van der Waals surface area contributed by atoms with Crippen LogP contribution in [-0.2, 0) is 9.59 Å². The predicted molar refractivity (Wildman–Crippen MR) is 74.7 cm³/mol. The predicted octanol–water partition coefficient (Wildman–Crippen LogP) is -0.541. The number of nitrogens with two attached hydrogens (primary N) is 1. The van der Waals surface area contributed by atoms with Crippen molar-refractivity contribution in [2.45, 2.75) is 45.3 Å². The van der Waals surface area contributed by atoms with Gasteiger partial charge in [-0.05, 0) is 24.7 Å². The number of carbonyl (C=O) groups is 2. The molecule has 0 aliphatic carbocycles. The van der Waals surface area contributed by atoms with E-state index in [0.717, 1.165) is 12.8 Å². The standard InChI is InChI=1S/C14H25N3O3/c1-14(2)7-17(8-14)13(20)11(18)10(15)6-9-4-3-5-16-12(9)19/h9-11,18H,3-8,15H2,1-2H3,(H,16,19)/t9-,10-,11?/m0/s1. The van der Waals surface area contributed by atoms with E-state index >= 15 is 0 Å². The molecule has 0 aromatic carbocycles. The summed E-state index contributed by atoms with van der Waals surface area (Å²) >= 11 is 0. The van der Waals surface area contributed by atoms with Gasteiger partial charge in [0.15, 0.2) is 0 Å². The van der Waals surface area contributed by atoms with E-state index in [1.54, 1.807) is 4.90 Å². The van der Waals surface area contributed by atoms with Gasteiger partial charge in [-0.3, -0.25) is 9.59 Å². The molecule has 2 aliphatic rings. The normalized spacial score (nSPS) is 28.3. The second-order valence-corrected chi connectivity index (χ2v) is 6.83. The molecule has 4 N–H and O–H groups in total. The second-order valence-electron chi connectivity index (χ2n) is 6.83. The minimum Gasteiger partial charge on any atom is -0.382 e. The van der Waals surface area contributed by atoms with Gasteiger partial charge in [0.25, 0.3) is 5.91 Å². The zero-order valence-corrected chi connectivity index (χ0v) is 12.3. The SMILES string of the molecule is CC1(C)CN(C(=O)C(O)[C@@H](N)C[C@@H]2CCCNC2=O)C1. The minimum atomic E-state index is -1.21. The Balaban J connectivity index is 1.83. The van der Waals surface area contributed by atoms with Gasteiger partial charge in [-0.25, -0.2) is 0 Å². The highest BCUT2D eigenvalue weighted by molar-refractivity contribution is 5.83. The summed E-state index contributed by atoms with van der Waals surface area (Å²) in [7, 11) is 0. The van der Waals surface area contributed by atoms with Crippen molar-refractivity contribution in [2.24, 2.45) is 17.1 Å². The molecule has 2 heterocycles. The molecular formula is C14H25N3O3. The molecule has 0 saturated carbocycles. The van der Waals surface area contributed by atoms with Crippen LogP contribution in [0.5, 0.6) is 0 Å². The Morgan fingerprint density at radius 1 is 1.55 bits per heavy atom. The Hall–Kier alpha value is -1.14. The van der Waals surface area contributed by atoms with Crippen molar-refractivity contribution in [1.29, 1.82) is 0 Å². The number of amides is 2. The van der Waals surface area contributed by atoms with Crippen molar-refractivity contribution in [3.05, 3.63) is 0 Å². The number of rotatable bonds is 4. The molecule has 6 nitrogen and oxygen atoms in total. The lowest BCUT2D eigenvalue weighted by Gasteiger charge is -2.47. The molecule has 2 amide bonds. The van der Waals surface area contributed by atoms with Gasteiger partial charge in [0, 0.05) is 31.6 Å². The van der Waals surface area contributed by atoms with Gasteiger partial charge >= 0.3 is 0 Å². The van der Waals surface area contributed by atoms with Crippen LogP contribution in [0.3, 0.4) is 0 Å². The van der Waals surface area contributed by atoms with Gasteiger partial charge in [-0.15, -0.1) is 0 Å². The number of hydrogen-bond donors (Lipinski definition) is 3. The molecule has 0 spiro atoms. The van der Waals surface area contributed by atoms with Crippen LogP contribution in [0.1, 0.15) is 33.1 Å². The van der Waals surface area contributed by atoms with Crippen LogP contribution < -0.4 is 11.1 Å². The van der Waals surface area contributed by atoms with Crippen LogP contribution in [0.25, 0.3) is 0 Å². The molecule has 2 rings (SSSR count). The summed E-state index contributed by atoms with van der Waals surface area (Å²) in [5.41, 5.74) is 6.05. The van der Waals surface area contributed by atoms with Gasteiger partial charge in [0.1, 0.15) is 6.10 Å². The molecular weight excluding hydrogens is 258 g/mol. The maximum Gasteiger partial charge on any atom is 0.253 e. The fraction of sp³-hybridized carbons (Fsp3) is 0.857. The van der Waals surface area contributed by atoms with Crippen molar-refractivity contribution in [3.8, 4) is 0 Å². The van der Waals surface area contributed by atoms with E-state index in [9.17, 15) is 14.7 Å². The molecule has 6 heteroatoms. The first-order valence-electron chi connectivity index (χ1n) is 7.30. The molecule has 3 atom stereocenters. The maximum absolute atomic E-state index is 12.1. The van der Waals surface area contributed by atoms with E-state index in [-0.39, 0.29) is 23.1 Å². The van der Waals surface area contributed by atoms with Gasteiger partial charge in [-0.2, -0.15) is 0 Å². The van der Waals surface area contributed by atoms with Gasteiger partial charge in [0.2, 0.25) is 5.91 Å². The lowest BCUT2D eigenvalue weighted by Crippen LogP contribution is -2.60. The summed E-state index contributed by atoms with van der Waals surface area (Å²) in [5, 5.41) is 12.9. The first kappa shape index (κ1) is 15.3. The van der Waals surface area contributed by atoms with Crippen molar-refractivity contribution in [3.63, 3.8) is 0 Å². The summed E-state index contributed by atoms with van der Waals surface area (Å²) in [6.07, 6.45) is 0.849. The Labute approximate surface area is 119 Å². The number of nitrogens with zero attached hydrogens (tertiary/aromatic N) is 1. The lowest BCUT2D eigenvalue weighted by molar-refractivity contribution is -0.152. The van der Waals surface area contributed by atoms with E-state index < -0.39 is 12.1 Å². The third-order valence-corrected chi connectivity index (χ3v) is 4.16. The third kappa shape index (κ3) is 3.30. The number of piperidine rings is 1.